The van der Waals surface area contributed by atoms with Crippen LogP contribution in [0.3, 0.4) is 0 Å². The first-order valence-electron chi connectivity index (χ1n) is 9.38. The van der Waals surface area contributed by atoms with Crippen LogP contribution < -0.4 is 10.1 Å². The van der Waals surface area contributed by atoms with Gasteiger partial charge in [0, 0.05) is 28.2 Å². The average Bonchev–Trinajstić information content (AvgIpc) is 2.67. The van der Waals surface area contributed by atoms with Gasteiger partial charge < -0.3 is 15.0 Å². The zero-order chi connectivity index (χ0) is 21.6. The molecule has 0 saturated heterocycles. The van der Waals surface area contributed by atoms with Crippen LogP contribution in [-0.2, 0) is 22.6 Å². The van der Waals surface area contributed by atoms with Gasteiger partial charge in [-0.05, 0) is 50.6 Å². The number of rotatable bonds is 8. The molecule has 2 rings (SSSR count). The molecule has 0 unspecified atom stereocenters. The highest BCUT2D eigenvalue weighted by molar-refractivity contribution is 6.36. The molecule has 0 heterocycles. The number of halogens is 2. The predicted octanol–water partition coefficient (Wildman–Crippen LogP) is 4.49. The van der Waals surface area contributed by atoms with E-state index in [4.69, 9.17) is 27.9 Å². The minimum atomic E-state index is -0.685. The summed E-state index contributed by atoms with van der Waals surface area (Å²) in [6, 6.07) is 11.7. The van der Waals surface area contributed by atoms with Crippen molar-refractivity contribution < 1.29 is 14.3 Å². The van der Waals surface area contributed by atoms with Gasteiger partial charge in [-0.25, -0.2) is 0 Å². The Kier molecular flexibility index (Phi) is 8.35. The second-order valence-electron chi connectivity index (χ2n) is 7.09. The summed E-state index contributed by atoms with van der Waals surface area (Å²) in [6.07, 6.45) is 0.144. The summed E-state index contributed by atoms with van der Waals surface area (Å²) < 4.78 is 5.16. The Hall–Kier alpha value is -2.24. The van der Waals surface area contributed by atoms with Gasteiger partial charge >= 0.3 is 0 Å². The van der Waals surface area contributed by atoms with Gasteiger partial charge in [0.05, 0.1) is 13.5 Å². The maximum atomic E-state index is 13.2. The first kappa shape index (κ1) is 23.0. The number of nitrogens with zero attached hydrogens (tertiary/aromatic N) is 1. The molecule has 0 spiro atoms. The Morgan fingerprint density at radius 2 is 1.62 bits per heavy atom. The largest absolute Gasteiger partial charge is 0.497 e. The van der Waals surface area contributed by atoms with Gasteiger partial charge in [-0.1, -0.05) is 41.4 Å². The molecule has 29 heavy (non-hydrogen) atoms. The van der Waals surface area contributed by atoms with E-state index in [1.807, 2.05) is 26.0 Å². The number of hydrogen-bond acceptors (Lipinski definition) is 3. The van der Waals surface area contributed by atoms with E-state index in [0.29, 0.717) is 21.4 Å². The summed E-state index contributed by atoms with van der Waals surface area (Å²) in [5, 5.41) is 3.77. The van der Waals surface area contributed by atoms with Crippen LogP contribution in [0.2, 0.25) is 10.0 Å². The normalized spacial score (nSPS) is 11.8. The van der Waals surface area contributed by atoms with Crippen LogP contribution in [-0.4, -0.2) is 35.9 Å². The van der Waals surface area contributed by atoms with E-state index in [1.54, 1.807) is 44.4 Å². The molecule has 5 nitrogen and oxygen atoms in total. The Bertz CT molecular complexity index is 833. The van der Waals surface area contributed by atoms with Crippen molar-refractivity contribution >= 4 is 35.0 Å². The fourth-order valence-corrected chi connectivity index (χ4v) is 3.38. The number of nitrogens with one attached hydrogen (secondary N) is 1. The first-order chi connectivity index (χ1) is 13.7. The second kappa shape index (κ2) is 10.5. The minimum Gasteiger partial charge on any atom is -0.497 e. The molecule has 2 amide bonds. The van der Waals surface area contributed by atoms with Gasteiger partial charge in [-0.3, -0.25) is 9.59 Å². The summed E-state index contributed by atoms with van der Waals surface area (Å²) in [4.78, 5) is 27.3. The molecule has 0 aliphatic rings. The third-order valence-corrected chi connectivity index (χ3v) is 5.21. The van der Waals surface area contributed by atoms with Crippen LogP contribution in [0.1, 0.15) is 31.9 Å². The summed E-state index contributed by atoms with van der Waals surface area (Å²) in [5.41, 5.74) is 1.44. The van der Waals surface area contributed by atoms with Crippen molar-refractivity contribution in [2.24, 2.45) is 0 Å². The molecule has 0 fully saturated rings. The molecule has 0 aliphatic carbocycles. The number of carbonyl (C=O) groups is 2. The van der Waals surface area contributed by atoms with E-state index in [2.05, 4.69) is 5.32 Å². The number of hydrogen-bond donors (Lipinski definition) is 1. The van der Waals surface area contributed by atoms with Gasteiger partial charge in [0.15, 0.2) is 0 Å². The summed E-state index contributed by atoms with van der Waals surface area (Å²) >= 11 is 12.6. The summed E-state index contributed by atoms with van der Waals surface area (Å²) in [5.74, 6) is 0.286. The lowest BCUT2D eigenvalue weighted by Gasteiger charge is -2.30. The molecule has 156 valence electrons. The average molecular weight is 437 g/mol. The van der Waals surface area contributed by atoms with Crippen molar-refractivity contribution in [3.63, 3.8) is 0 Å². The lowest BCUT2D eigenvalue weighted by molar-refractivity contribution is -0.140. The van der Waals surface area contributed by atoms with Crippen molar-refractivity contribution in [1.82, 2.24) is 10.2 Å². The van der Waals surface area contributed by atoms with E-state index in [9.17, 15) is 9.59 Å². The molecule has 0 saturated carbocycles. The van der Waals surface area contributed by atoms with Crippen LogP contribution in [0.4, 0.5) is 0 Å². The number of amides is 2. The summed E-state index contributed by atoms with van der Waals surface area (Å²) in [6.45, 7) is 5.59. The highest BCUT2D eigenvalue weighted by Gasteiger charge is 2.27. The Balaban J connectivity index is 2.29. The number of ether oxygens (including phenoxy) is 1. The quantitative estimate of drug-likeness (QED) is 0.662. The molecule has 0 radical (unpaired) electrons. The Morgan fingerprint density at radius 1 is 1.03 bits per heavy atom. The lowest BCUT2D eigenvalue weighted by atomic mass is 10.1. The van der Waals surface area contributed by atoms with Gasteiger partial charge in [-0.15, -0.1) is 0 Å². The van der Waals surface area contributed by atoms with E-state index >= 15 is 0 Å². The Morgan fingerprint density at radius 3 is 2.14 bits per heavy atom. The lowest BCUT2D eigenvalue weighted by Crippen LogP contribution is -2.49. The second-order valence-corrected chi connectivity index (χ2v) is 7.90. The third kappa shape index (κ3) is 6.38. The smallest absolute Gasteiger partial charge is 0.242 e. The molecule has 0 bridgehead atoms. The standard InChI is InChI=1S/C22H26Cl2N2O3/c1-14(2)25-22(28)15(3)26(13-18-19(23)6-5-7-20(18)24)21(27)12-16-8-10-17(29-4)11-9-16/h5-11,14-15H,12-13H2,1-4H3,(H,25,28)/t15-/m1/s1. The maximum absolute atomic E-state index is 13.2. The zero-order valence-electron chi connectivity index (χ0n) is 17.0. The van der Waals surface area contributed by atoms with Crippen LogP contribution in [0.5, 0.6) is 5.75 Å². The fraction of sp³-hybridized carbons (Fsp3) is 0.364. The molecule has 2 aromatic rings. The van der Waals surface area contributed by atoms with Crippen LogP contribution in [0.15, 0.2) is 42.5 Å². The van der Waals surface area contributed by atoms with Gasteiger partial charge in [0.1, 0.15) is 11.8 Å². The maximum Gasteiger partial charge on any atom is 0.242 e. The van der Waals surface area contributed by atoms with Crippen molar-refractivity contribution in [3.8, 4) is 5.75 Å². The molecule has 0 aliphatic heterocycles. The predicted molar refractivity (Wildman–Crippen MR) is 116 cm³/mol. The number of methoxy groups -OCH3 is 1. The van der Waals surface area contributed by atoms with E-state index in [-0.39, 0.29) is 30.8 Å². The van der Waals surface area contributed by atoms with Gasteiger partial charge in [0.25, 0.3) is 0 Å². The monoisotopic (exact) mass is 436 g/mol. The molecular weight excluding hydrogens is 411 g/mol. The molecule has 7 heteroatoms. The topological polar surface area (TPSA) is 58.6 Å². The van der Waals surface area contributed by atoms with E-state index in [1.165, 1.54) is 4.90 Å². The Labute approximate surface area is 181 Å². The highest BCUT2D eigenvalue weighted by atomic mass is 35.5. The molecule has 2 aromatic carbocycles. The molecular formula is C22H26Cl2N2O3. The highest BCUT2D eigenvalue weighted by Crippen LogP contribution is 2.27. The minimum absolute atomic E-state index is 0.0348. The number of benzene rings is 2. The van der Waals surface area contributed by atoms with Crippen LogP contribution >= 0.6 is 23.2 Å². The van der Waals surface area contributed by atoms with Crippen LogP contribution in [0, 0.1) is 0 Å². The molecule has 0 aromatic heterocycles. The third-order valence-electron chi connectivity index (χ3n) is 4.50. The van der Waals surface area contributed by atoms with Crippen molar-refractivity contribution in [1.29, 1.82) is 0 Å². The van der Waals surface area contributed by atoms with Gasteiger partial charge in [0.2, 0.25) is 11.8 Å². The molecule has 1 N–H and O–H groups in total. The number of carbonyl (C=O) groups excluding carboxylic acids is 2. The first-order valence-corrected chi connectivity index (χ1v) is 10.1. The van der Waals surface area contributed by atoms with Crippen molar-refractivity contribution in [2.45, 2.75) is 45.8 Å². The zero-order valence-corrected chi connectivity index (χ0v) is 18.6. The van der Waals surface area contributed by atoms with Crippen molar-refractivity contribution in [2.75, 3.05) is 7.11 Å². The van der Waals surface area contributed by atoms with Gasteiger partial charge in [-0.2, -0.15) is 0 Å². The summed E-state index contributed by atoms with van der Waals surface area (Å²) in [7, 11) is 1.59. The molecule has 1 atom stereocenters. The van der Waals surface area contributed by atoms with E-state index in [0.717, 1.165) is 5.56 Å². The van der Waals surface area contributed by atoms with E-state index < -0.39 is 6.04 Å². The fourth-order valence-electron chi connectivity index (χ4n) is 2.86. The SMILES string of the molecule is COc1ccc(CC(=O)N(Cc2c(Cl)cccc2Cl)[C@H](C)C(=O)NC(C)C)cc1. The van der Waals surface area contributed by atoms with Crippen LogP contribution in [0.25, 0.3) is 0 Å². The van der Waals surface area contributed by atoms with Crippen molar-refractivity contribution in [3.05, 3.63) is 63.6 Å².